The standard InChI is InChI=1S/C11H16ClN3/c1-15(8-9-3-2-4-9)11-7-13-10(5-12)6-14-11/h6-7,9H,2-5,8H2,1H3. The highest BCUT2D eigenvalue weighted by atomic mass is 35.5. The lowest BCUT2D eigenvalue weighted by Crippen LogP contribution is -2.29. The molecular weight excluding hydrogens is 210 g/mol. The molecule has 1 aromatic rings. The zero-order valence-electron chi connectivity index (χ0n) is 8.99. The third kappa shape index (κ3) is 2.59. The monoisotopic (exact) mass is 225 g/mol. The molecule has 82 valence electrons. The molecule has 1 heterocycles. The summed E-state index contributed by atoms with van der Waals surface area (Å²) in [6, 6.07) is 0. The average Bonchev–Trinajstić information content (AvgIpc) is 2.23. The quantitative estimate of drug-likeness (QED) is 0.738. The molecule has 1 aliphatic carbocycles. The first kappa shape index (κ1) is 10.7. The zero-order valence-corrected chi connectivity index (χ0v) is 9.74. The Labute approximate surface area is 95.5 Å². The lowest BCUT2D eigenvalue weighted by molar-refractivity contribution is 0.321. The van der Waals surface area contributed by atoms with E-state index in [9.17, 15) is 0 Å². The van der Waals surface area contributed by atoms with Crippen LogP contribution >= 0.6 is 11.6 Å². The summed E-state index contributed by atoms with van der Waals surface area (Å²) in [5.41, 5.74) is 0.831. The van der Waals surface area contributed by atoms with Crippen LogP contribution in [0.1, 0.15) is 25.0 Å². The number of alkyl halides is 1. The predicted octanol–water partition coefficient (Wildman–Crippen LogP) is 2.45. The first-order valence-corrected chi connectivity index (χ1v) is 5.91. The van der Waals surface area contributed by atoms with E-state index in [2.05, 4.69) is 21.9 Å². The molecule has 0 radical (unpaired) electrons. The van der Waals surface area contributed by atoms with Gasteiger partial charge in [-0.05, 0) is 18.8 Å². The fourth-order valence-corrected chi connectivity index (χ4v) is 1.91. The molecule has 0 saturated heterocycles. The number of hydrogen-bond donors (Lipinski definition) is 0. The first-order chi connectivity index (χ1) is 7.29. The van der Waals surface area contributed by atoms with E-state index in [1.807, 2.05) is 0 Å². The van der Waals surface area contributed by atoms with Gasteiger partial charge in [0, 0.05) is 13.6 Å². The molecule has 1 aromatic heterocycles. The molecule has 0 bridgehead atoms. The molecule has 0 aromatic carbocycles. The number of halogens is 1. The minimum Gasteiger partial charge on any atom is -0.358 e. The van der Waals surface area contributed by atoms with Gasteiger partial charge in [0.15, 0.2) is 0 Å². The summed E-state index contributed by atoms with van der Waals surface area (Å²) >= 11 is 5.66. The van der Waals surface area contributed by atoms with Crippen molar-refractivity contribution >= 4 is 17.4 Å². The maximum atomic E-state index is 5.66. The third-order valence-electron chi connectivity index (χ3n) is 2.98. The number of aromatic nitrogens is 2. The second kappa shape index (κ2) is 4.79. The van der Waals surface area contributed by atoms with E-state index >= 15 is 0 Å². The molecule has 0 amide bonds. The Kier molecular flexibility index (Phi) is 3.41. The molecular formula is C11H16ClN3. The minimum atomic E-state index is 0.430. The smallest absolute Gasteiger partial charge is 0.146 e. The van der Waals surface area contributed by atoms with Crippen LogP contribution in [-0.4, -0.2) is 23.6 Å². The van der Waals surface area contributed by atoms with Crippen LogP contribution in [0.5, 0.6) is 0 Å². The van der Waals surface area contributed by atoms with Crippen LogP contribution in [0.2, 0.25) is 0 Å². The summed E-state index contributed by atoms with van der Waals surface area (Å²) < 4.78 is 0. The van der Waals surface area contributed by atoms with E-state index in [4.69, 9.17) is 11.6 Å². The average molecular weight is 226 g/mol. The van der Waals surface area contributed by atoms with E-state index in [0.29, 0.717) is 5.88 Å². The molecule has 0 atom stereocenters. The Bertz CT molecular complexity index is 308. The topological polar surface area (TPSA) is 29.0 Å². The SMILES string of the molecule is CN(CC1CCC1)c1cnc(CCl)cn1. The van der Waals surface area contributed by atoms with Gasteiger partial charge in [-0.1, -0.05) is 6.42 Å². The second-order valence-electron chi connectivity index (χ2n) is 4.18. The summed E-state index contributed by atoms with van der Waals surface area (Å²) in [6.45, 7) is 1.09. The van der Waals surface area contributed by atoms with Gasteiger partial charge >= 0.3 is 0 Å². The van der Waals surface area contributed by atoms with E-state index in [1.54, 1.807) is 12.4 Å². The number of nitrogens with zero attached hydrogens (tertiary/aromatic N) is 3. The Balaban J connectivity index is 1.94. The maximum absolute atomic E-state index is 5.66. The molecule has 15 heavy (non-hydrogen) atoms. The van der Waals surface area contributed by atoms with Crippen molar-refractivity contribution < 1.29 is 0 Å². The van der Waals surface area contributed by atoms with E-state index < -0.39 is 0 Å². The van der Waals surface area contributed by atoms with Gasteiger partial charge < -0.3 is 4.90 Å². The molecule has 0 spiro atoms. The molecule has 4 heteroatoms. The van der Waals surface area contributed by atoms with Crippen molar-refractivity contribution in [2.24, 2.45) is 5.92 Å². The van der Waals surface area contributed by atoms with Crippen molar-refractivity contribution in [2.75, 3.05) is 18.5 Å². The molecule has 1 aliphatic rings. The van der Waals surface area contributed by atoms with Crippen molar-refractivity contribution in [1.82, 2.24) is 9.97 Å². The van der Waals surface area contributed by atoms with Crippen LogP contribution in [0.25, 0.3) is 0 Å². The third-order valence-corrected chi connectivity index (χ3v) is 3.25. The molecule has 3 nitrogen and oxygen atoms in total. The van der Waals surface area contributed by atoms with Crippen molar-refractivity contribution in [1.29, 1.82) is 0 Å². The Morgan fingerprint density at radius 1 is 1.40 bits per heavy atom. The van der Waals surface area contributed by atoms with Crippen LogP contribution in [0.15, 0.2) is 12.4 Å². The fourth-order valence-electron chi connectivity index (χ4n) is 1.77. The van der Waals surface area contributed by atoms with Crippen LogP contribution < -0.4 is 4.90 Å². The van der Waals surface area contributed by atoms with Crippen LogP contribution in [-0.2, 0) is 5.88 Å². The molecule has 1 fully saturated rings. The normalized spacial score (nSPS) is 16.1. The minimum absolute atomic E-state index is 0.430. The van der Waals surface area contributed by atoms with Gasteiger partial charge in [0.1, 0.15) is 5.82 Å². The summed E-state index contributed by atoms with van der Waals surface area (Å²) in [5.74, 6) is 2.22. The first-order valence-electron chi connectivity index (χ1n) is 5.37. The number of anilines is 1. The molecule has 1 saturated carbocycles. The summed E-state index contributed by atoms with van der Waals surface area (Å²) in [7, 11) is 2.07. The van der Waals surface area contributed by atoms with Gasteiger partial charge in [-0.3, -0.25) is 4.98 Å². The Hall–Kier alpha value is -0.830. The zero-order chi connectivity index (χ0) is 10.7. The Morgan fingerprint density at radius 3 is 2.67 bits per heavy atom. The van der Waals surface area contributed by atoms with Gasteiger partial charge in [-0.15, -0.1) is 11.6 Å². The fraction of sp³-hybridized carbons (Fsp3) is 0.636. The largest absolute Gasteiger partial charge is 0.358 e. The summed E-state index contributed by atoms with van der Waals surface area (Å²) in [5, 5.41) is 0. The van der Waals surface area contributed by atoms with E-state index in [1.165, 1.54) is 19.3 Å². The lowest BCUT2D eigenvalue weighted by atomic mass is 9.85. The van der Waals surface area contributed by atoms with Crippen LogP contribution in [0.3, 0.4) is 0 Å². The maximum Gasteiger partial charge on any atom is 0.146 e. The predicted molar refractivity (Wildman–Crippen MR) is 62.2 cm³/mol. The van der Waals surface area contributed by atoms with Gasteiger partial charge in [0.05, 0.1) is 24.0 Å². The van der Waals surface area contributed by atoms with Crippen molar-refractivity contribution in [3.63, 3.8) is 0 Å². The number of hydrogen-bond acceptors (Lipinski definition) is 3. The molecule has 2 rings (SSSR count). The Morgan fingerprint density at radius 2 is 2.20 bits per heavy atom. The number of rotatable bonds is 4. The lowest BCUT2D eigenvalue weighted by Gasteiger charge is -2.30. The highest BCUT2D eigenvalue weighted by Gasteiger charge is 2.19. The highest BCUT2D eigenvalue weighted by Crippen LogP contribution is 2.27. The van der Waals surface area contributed by atoms with Crippen LogP contribution in [0.4, 0.5) is 5.82 Å². The van der Waals surface area contributed by atoms with Crippen molar-refractivity contribution in [3.05, 3.63) is 18.1 Å². The van der Waals surface area contributed by atoms with Gasteiger partial charge in [-0.2, -0.15) is 0 Å². The van der Waals surface area contributed by atoms with E-state index in [-0.39, 0.29) is 0 Å². The van der Waals surface area contributed by atoms with Crippen molar-refractivity contribution in [2.45, 2.75) is 25.1 Å². The van der Waals surface area contributed by atoms with Gasteiger partial charge in [0.25, 0.3) is 0 Å². The van der Waals surface area contributed by atoms with Crippen LogP contribution in [0, 0.1) is 5.92 Å². The van der Waals surface area contributed by atoms with Crippen molar-refractivity contribution in [3.8, 4) is 0 Å². The van der Waals surface area contributed by atoms with Gasteiger partial charge in [0.2, 0.25) is 0 Å². The van der Waals surface area contributed by atoms with Gasteiger partial charge in [-0.25, -0.2) is 4.98 Å². The molecule has 0 N–H and O–H groups in total. The van der Waals surface area contributed by atoms with E-state index in [0.717, 1.165) is 24.0 Å². The second-order valence-corrected chi connectivity index (χ2v) is 4.44. The highest BCUT2D eigenvalue weighted by molar-refractivity contribution is 6.16. The molecule has 0 aliphatic heterocycles. The summed E-state index contributed by atoms with van der Waals surface area (Å²) in [6.07, 6.45) is 7.65. The molecule has 0 unspecified atom stereocenters. The summed E-state index contributed by atoms with van der Waals surface area (Å²) in [4.78, 5) is 10.7.